The lowest BCUT2D eigenvalue weighted by Crippen LogP contribution is -2.35. The monoisotopic (exact) mass is 314 g/mol. The normalized spacial score (nSPS) is 16.1. The smallest absolute Gasteiger partial charge is 0.227 e. The molecule has 0 aliphatic carbocycles. The van der Waals surface area contributed by atoms with Crippen LogP contribution in [-0.4, -0.2) is 25.5 Å². The van der Waals surface area contributed by atoms with E-state index in [4.69, 9.17) is 23.2 Å². The predicted octanol–water partition coefficient (Wildman–Crippen LogP) is 3.74. The Morgan fingerprint density at radius 1 is 1.25 bits per heavy atom. The number of nitrogens with zero attached hydrogens (tertiary/aromatic N) is 1. The average Bonchev–Trinajstić information content (AvgIpc) is 2.39. The minimum atomic E-state index is 0.151. The summed E-state index contributed by atoms with van der Waals surface area (Å²) in [5.74, 6) is 0.630. The van der Waals surface area contributed by atoms with Gasteiger partial charge in [0.15, 0.2) is 0 Å². The molecule has 0 saturated carbocycles. The fourth-order valence-electron chi connectivity index (χ4n) is 2.64. The van der Waals surface area contributed by atoms with E-state index in [1.165, 1.54) is 0 Å². The fourth-order valence-corrected chi connectivity index (χ4v) is 3.16. The van der Waals surface area contributed by atoms with Gasteiger partial charge in [-0.25, -0.2) is 0 Å². The zero-order chi connectivity index (χ0) is 14.5. The minimum Gasteiger partial charge on any atom is -0.317 e. The van der Waals surface area contributed by atoms with E-state index >= 15 is 0 Å². The molecule has 1 amide bonds. The molecule has 0 aromatic heterocycles. The first-order valence-corrected chi connectivity index (χ1v) is 7.83. The highest BCUT2D eigenvalue weighted by Gasteiger charge is 2.21. The maximum absolute atomic E-state index is 12.5. The van der Waals surface area contributed by atoms with Gasteiger partial charge in [0.05, 0.1) is 0 Å². The second-order valence-electron chi connectivity index (χ2n) is 5.16. The van der Waals surface area contributed by atoms with Crippen molar-refractivity contribution in [2.45, 2.75) is 26.2 Å². The van der Waals surface area contributed by atoms with Gasteiger partial charge in [-0.1, -0.05) is 23.2 Å². The zero-order valence-corrected chi connectivity index (χ0v) is 13.2. The van der Waals surface area contributed by atoms with Gasteiger partial charge in [0.1, 0.15) is 0 Å². The van der Waals surface area contributed by atoms with Crippen LogP contribution in [0.15, 0.2) is 18.2 Å². The van der Waals surface area contributed by atoms with Crippen molar-refractivity contribution < 1.29 is 4.79 Å². The number of rotatable bonds is 4. The van der Waals surface area contributed by atoms with Gasteiger partial charge >= 0.3 is 0 Å². The zero-order valence-electron chi connectivity index (χ0n) is 11.7. The summed E-state index contributed by atoms with van der Waals surface area (Å²) >= 11 is 12.0. The first-order valence-electron chi connectivity index (χ1n) is 7.07. The van der Waals surface area contributed by atoms with Crippen molar-refractivity contribution in [1.29, 1.82) is 0 Å². The van der Waals surface area contributed by atoms with E-state index in [9.17, 15) is 4.79 Å². The van der Waals surface area contributed by atoms with E-state index in [2.05, 4.69) is 5.32 Å². The number of carbonyl (C=O) groups is 1. The Bertz CT molecular complexity index is 453. The Morgan fingerprint density at radius 3 is 2.40 bits per heavy atom. The van der Waals surface area contributed by atoms with Gasteiger partial charge in [-0.15, -0.1) is 0 Å². The second kappa shape index (κ2) is 7.30. The molecule has 1 aromatic carbocycles. The predicted molar refractivity (Wildman–Crippen MR) is 84.7 cm³/mol. The summed E-state index contributed by atoms with van der Waals surface area (Å²) in [6.45, 7) is 4.61. The largest absolute Gasteiger partial charge is 0.317 e. The lowest BCUT2D eigenvalue weighted by molar-refractivity contribution is -0.119. The number of amides is 1. The van der Waals surface area contributed by atoms with Crippen molar-refractivity contribution in [1.82, 2.24) is 5.32 Å². The van der Waals surface area contributed by atoms with Crippen LogP contribution >= 0.6 is 23.2 Å². The van der Waals surface area contributed by atoms with Crippen molar-refractivity contribution >= 4 is 34.8 Å². The summed E-state index contributed by atoms with van der Waals surface area (Å²) in [5.41, 5.74) is 0.781. The van der Waals surface area contributed by atoms with Gasteiger partial charge in [0.2, 0.25) is 5.91 Å². The molecule has 0 unspecified atom stereocenters. The van der Waals surface area contributed by atoms with Gasteiger partial charge < -0.3 is 10.2 Å². The Balaban J connectivity index is 2.08. The first kappa shape index (κ1) is 15.6. The Labute approximate surface area is 130 Å². The number of carbonyl (C=O) groups excluding carboxylic acids is 1. The van der Waals surface area contributed by atoms with Gasteiger partial charge in [0.25, 0.3) is 0 Å². The Hall–Kier alpha value is -0.770. The van der Waals surface area contributed by atoms with Crippen molar-refractivity contribution in [3.8, 4) is 0 Å². The van der Waals surface area contributed by atoms with Crippen molar-refractivity contribution in [3.63, 3.8) is 0 Å². The van der Waals surface area contributed by atoms with E-state index < -0.39 is 0 Å². The number of piperidine rings is 1. The third-order valence-electron chi connectivity index (χ3n) is 3.70. The summed E-state index contributed by atoms with van der Waals surface area (Å²) in [5, 5.41) is 4.43. The van der Waals surface area contributed by atoms with E-state index in [0.29, 0.717) is 28.9 Å². The summed E-state index contributed by atoms with van der Waals surface area (Å²) in [6.07, 6.45) is 2.73. The molecule has 1 aliphatic rings. The summed E-state index contributed by atoms with van der Waals surface area (Å²) in [4.78, 5) is 14.2. The summed E-state index contributed by atoms with van der Waals surface area (Å²) < 4.78 is 0. The maximum atomic E-state index is 12.5. The molecule has 1 saturated heterocycles. The van der Waals surface area contributed by atoms with Crippen LogP contribution in [0.2, 0.25) is 10.0 Å². The molecule has 20 heavy (non-hydrogen) atoms. The fraction of sp³-hybridized carbons (Fsp3) is 0.533. The lowest BCUT2D eigenvalue weighted by atomic mass is 9.94. The van der Waals surface area contributed by atoms with Gasteiger partial charge in [-0.05, 0) is 57.0 Å². The number of hydrogen-bond acceptors (Lipinski definition) is 2. The molecular weight excluding hydrogens is 295 g/mol. The Morgan fingerprint density at radius 2 is 1.85 bits per heavy atom. The molecule has 0 atom stereocenters. The number of nitrogens with one attached hydrogen (secondary N) is 1. The van der Waals surface area contributed by atoms with Crippen LogP contribution in [0.1, 0.15) is 26.2 Å². The second-order valence-corrected chi connectivity index (χ2v) is 6.04. The van der Waals surface area contributed by atoms with E-state index in [1.807, 2.05) is 6.92 Å². The minimum absolute atomic E-state index is 0.151. The van der Waals surface area contributed by atoms with Gasteiger partial charge in [-0.3, -0.25) is 4.79 Å². The van der Waals surface area contributed by atoms with Crippen LogP contribution < -0.4 is 10.2 Å². The van der Waals surface area contributed by atoms with E-state index in [1.54, 1.807) is 23.1 Å². The molecular formula is C15H20Cl2N2O. The number of anilines is 1. The third-order valence-corrected chi connectivity index (χ3v) is 4.13. The topological polar surface area (TPSA) is 32.3 Å². The summed E-state index contributed by atoms with van der Waals surface area (Å²) in [7, 11) is 0. The van der Waals surface area contributed by atoms with Crippen LogP contribution in [0.4, 0.5) is 5.69 Å². The SMILES string of the molecule is CCN(C(=O)CC1CCNCC1)c1cc(Cl)cc(Cl)c1. The lowest BCUT2D eigenvalue weighted by Gasteiger charge is -2.26. The molecule has 110 valence electrons. The molecule has 1 N–H and O–H groups in total. The Kier molecular flexibility index (Phi) is 5.70. The van der Waals surface area contributed by atoms with Crippen LogP contribution in [0.3, 0.4) is 0 Å². The molecule has 1 aliphatic heterocycles. The number of benzene rings is 1. The molecule has 0 bridgehead atoms. The molecule has 1 aromatic rings. The molecule has 0 radical (unpaired) electrons. The number of hydrogen-bond donors (Lipinski definition) is 1. The maximum Gasteiger partial charge on any atom is 0.227 e. The third kappa shape index (κ3) is 4.11. The quantitative estimate of drug-likeness (QED) is 0.918. The molecule has 1 heterocycles. The molecule has 3 nitrogen and oxygen atoms in total. The molecule has 0 spiro atoms. The molecule has 2 rings (SSSR count). The van der Waals surface area contributed by atoms with Crippen LogP contribution in [-0.2, 0) is 4.79 Å². The van der Waals surface area contributed by atoms with Gasteiger partial charge in [-0.2, -0.15) is 0 Å². The summed E-state index contributed by atoms with van der Waals surface area (Å²) in [6, 6.07) is 5.26. The van der Waals surface area contributed by atoms with Crippen molar-refractivity contribution in [2.75, 3.05) is 24.5 Å². The van der Waals surface area contributed by atoms with Crippen LogP contribution in [0, 0.1) is 5.92 Å². The van der Waals surface area contributed by atoms with Crippen molar-refractivity contribution in [3.05, 3.63) is 28.2 Å². The molecule has 5 heteroatoms. The van der Waals surface area contributed by atoms with Crippen LogP contribution in [0.25, 0.3) is 0 Å². The van der Waals surface area contributed by atoms with E-state index in [0.717, 1.165) is 31.6 Å². The van der Waals surface area contributed by atoms with Crippen molar-refractivity contribution in [2.24, 2.45) is 5.92 Å². The molecule has 1 fully saturated rings. The number of halogens is 2. The van der Waals surface area contributed by atoms with Gasteiger partial charge in [0, 0.05) is 28.7 Å². The highest BCUT2D eigenvalue weighted by Crippen LogP contribution is 2.27. The standard InChI is InChI=1S/C15H20Cl2N2O/c1-2-19(14-9-12(16)8-13(17)10-14)15(20)7-11-3-5-18-6-4-11/h8-11,18H,2-7H2,1H3. The van der Waals surface area contributed by atoms with Crippen LogP contribution in [0.5, 0.6) is 0 Å². The van der Waals surface area contributed by atoms with E-state index in [-0.39, 0.29) is 5.91 Å². The first-order chi connectivity index (χ1) is 9.60. The highest BCUT2D eigenvalue weighted by atomic mass is 35.5. The average molecular weight is 315 g/mol. The highest BCUT2D eigenvalue weighted by molar-refractivity contribution is 6.35.